The topological polar surface area (TPSA) is 107 Å². The fraction of sp³-hybridized carbons (Fsp3) is 0.160. The van der Waals surface area contributed by atoms with Crippen LogP contribution in [0.3, 0.4) is 0 Å². The van der Waals surface area contributed by atoms with Gasteiger partial charge in [-0.3, -0.25) is 14.3 Å². The minimum atomic E-state index is -3.94. The lowest BCUT2D eigenvalue weighted by atomic mass is 10.2. The van der Waals surface area contributed by atoms with Gasteiger partial charge in [0.05, 0.1) is 38.0 Å². The molecule has 1 heterocycles. The minimum Gasteiger partial charge on any atom is -0.465 e. The highest BCUT2D eigenvalue weighted by molar-refractivity contribution is 7.92. The van der Waals surface area contributed by atoms with Crippen molar-refractivity contribution in [2.45, 2.75) is 25.3 Å². The Morgan fingerprint density at radius 1 is 1.06 bits per heavy atom. The van der Waals surface area contributed by atoms with Crippen LogP contribution in [0.25, 0.3) is 10.2 Å². The highest BCUT2D eigenvalue weighted by Gasteiger charge is 2.20. The van der Waals surface area contributed by atoms with Crippen molar-refractivity contribution in [1.29, 1.82) is 0 Å². The van der Waals surface area contributed by atoms with Crippen molar-refractivity contribution in [2.75, 3.05) is 11.3 Å². The maximum Gasteiger partial charge on any atom is 0.326 e. The molecule has 11 heteroatoms. The predicted molar refractivity (Wildman–Crippen MR) is 140 cm³/mol. The standard InChI is InChI=1S/C25H22ClN3O5S2/c1-3-34-22(30)15-29-23-19(26)8-6-10-21(23)35-25(29)27-24(31)18-7-4-5-9-20(18)28-36(32,33)17-13-11-16(2)12-14-17/h4-14,28H,3,15H2,1-2H3. The lowest BCUT2D eigenvalue weighted by Crippen LogP contribution is -2.23. The monoisotopic (exact) mass is 543 g/mol. The van der Waals surface area contributed by atoms with Gasteiger partial charge in [0.1, 0.15) is 6.54 Å². The van der Waals surface area contributed by atoms with Crippen molar-refractivity contribution in [3.8, 4) is 0 Å². The van der Waals surface area contributed by atoms with E-state index < -0.39 is 21.9 Å². The van der Waals surface area contributed by atoms with Crippen molar-refractivity contribution >= 4 is 60.7 Å². The zero-order valence-electron chi connectivity index (χ0n) is 19.4. The fourth-order valence-corrected chi connectivity index (χ4v) is 5.95. The summed E-state index contributed by atoms with van der Waals surface area (Å²) < 4.78 is 35.6. The molecule has 8 nitrogen and oxygen atoms in total. The van der Waals surface area contributed by atoms with Crippen molar-refractivity contribution in [3.63, 3.8) is 0 Å². The molecule has 0 aliphatic carbocycles. The molecule has 0 spiro atoms. The summed E-state index contributed by atoms with van der Waals surface area (Å²) in [6.07, 6.45) is 0. The molecule has 1 aromatic heterocycles. The highest BCUT2D eigenvalue weighted by atomic mass is 35.5. The van der Waals surface area contributed by atoms with Gasteiger partial charge in [0.15, 0.2) is 4.80 Å². The number of thiazole rings is 1. The number of carbonyl (C=O) groups excluding carboxylic acids is 2. The molecule has 1 N–H and O–H groups in total. The number of aryl methyl sites for hydroxylation is 1. The molecule has 1 amide bonds. The lowest BCUT2D eigenvalue weighted by Gasteiger charge is -2.11. The van der Waals surface area contributed by atoms with Gasteiger partial charge in [-0.2, -0.15) is 4.99 Å². The number of para-hydroxylation sites is 2. The molecule has 0 aliphatic heterocycles. The number of carbonyl (C=O) groups is 2. The van der Waals surface area contributed by atoms with E-state index in [0.717, 1.165) is 10.3 Å². The van der Waals surface area contributed by atoms with Crippen LogP contribution in [0.4, 0.5) is 5.69 Å². The van der Waals surface area contributed by atoms with Crippen LogP contribution in [0.1, 0.15) is 22.8 Å². The largest absolute Gasteiger partial charge is 0.465 e. The number of fused-ring (bicyclic) bond motifs is 1. The smallest absolute Gasteiger partial charge is 0.326 e. The number of aromatic nitrogens is 1. The molecule has 3 aromatic carbocycles. The van der Waals surface area contributed by atoms with E-state index in [4.69, 9.17) is 16.3 Å². The van der Waals surface area contributed by atoms with E-state index in [9.17, 15) is 18.0 Å². The van der Waals surface area contributed by atoms with Gasteiger partial charge in [-0.05, 0) is 50.2 Å². The number of benzene rings is 3. The van der Waals surface area contributed by atoms with Crippen molar-refractivity contribution in [1.82, 2.24) is 4.57 Å². The second-order valence-electron chi connectivity index (χ2n) is 7.74. The molecule has 36 heavy (non-hydrogen) atoms. The summed E-state index contributed by atoms with van der Waals surface area (Å²) in [6, 6.07) is 17.8. The number of nitrogens with one attached hydrogen (secondary N) is 1. The summed E-state index contributed by atoms with van der Waals surface area (Å²) in [5.41, 5.74) is 1.61. The minimum absolute atomic E-state index is 0.0550. The van der Waals surface area contributed by atoms with Crippen LogP contribution in [0.2, 0.25) is 5.02 Å². The number of ether oxygens (including phenoxy) is 1. The summed E-state index contributed by atoms with van der Waals surface area (Å²) in [5, 5.41) is 0.396. The first kappa shape index (κ1) is 25.6. The van der Waals surface area contributed by atoms with E-state index >= 15 is 0 Å². The van der Waals surface area contributed by atoms with Crippen molar-refractivity contribution in [2.24, 2.45) is 4.99 Å². The summed E-state index contributed by atoms with van der Waals surface area (Å²) in [4.78, 5) is 30.1. The van der Waals surface area contributed by atoms with E-state index in [1.807, 2.05) is 6.92 Å². The van der Waals surface area contributed by atoms with Crippen LogP contribution in [0.5, 0.6) is 0 Å². The van der Waals surface area contributed by atoms with Crippen molar-refractivity contribution in [3.05, 3.63) is 87.7 Å². The molecule has 0 bridgehead atoms. The Bertz CT molecular complexity index is 1620. The number of sulfonamides is 1. The predicted octanol–water partition coefficient (Wildman–Crippen LogP) is 4.77. The van der Waals surface area contributed by atoms with E-state index in [-0.39, 0.29) is 34.1 Å². The number of hydrogen-bond acceptors (Lipinski definition) is 6. The Balaban J connectivity index is 1.76. The molecule has 0 saturated carbocycles. The molecule has 4 rings (SSSR count). The second kappa shape index (κ2) is 10.7. The molecule has 0 unspecified atom stereocenters. The second-order valence-corrected chi connectivity index (χ2v) is 10.8. The maximum absolute atomic E-state index is 13.3. The third kappa shape index (κ3) is 5.51. The van der Waals surface area contributed by atoms with Gasteiger partial charge in [0, 0.05) is 0 Å². The third-order valence-electron chi connectivity index (χ3n) is 5.17. The van der Waals surface area contributed by atoms with E-state index in [0.29, 0.717) is 10.5 Å². The lowest BCUT2D eigenvalue weighted by molar-refractivity contribution is -0.143. The van der Waals surface area contributed by atoms with E-state index in [1.165, 1.54) is 40.2 Å². The van der Waals surface area contributed by atoms with Crippen LogP contribution in [-0.2, 0) is 26.1 Å². The first-order valence-electron chi connectivity index (χ1n) is 10.9. The summed E-state index contributed by atoms with van der Waals surface area (Å²) in [6.45, 7) is 3.57. The summed E-state index contributed by atoms with van der Waals surface area (Å²) in [7, 11) is -3.94. The van der Waals surface area contributed by atoms with Gasteiger partial charge in [-0.15, -0.1) is 0 Å². The number of halogens is 1. The molecular weight excluding hydrogens is 522 g/mol. The van der Waals surface area contributed by atoms with E-state index in [1.54, 1.807) is 49.4 Å². The molecular formula is C25H22ClN3O5S2. The zero-order chi connectivity index (χ0) is 25.9. The Labute approximate surface area is 216 Å². The number of nitrogens with zero attached hydrogens (tertiary/aromatic N) is 2. The normalized spacial score (nSPS) is 12.0. The molecule has 4 aromatic rings. The Morgan fingerprint density at radius 2 is 1.78 bits per heavy atom. The summed E-state index contributed by atoms with van der Waals surface area (Å²) in [5.74, 6) is -1.19. The average molecular weight is 544 g/mol. The van der Waals surface area contributed by atoms with Gasteiger partial charge in [-0.25, -0.2) is 8.42 Å². The average Bonchev–Trinajstić information content (AvgIpc) is 3.17. The van der Waals surface area contributed by atoms with Crippen molar-refractivity contribution < 1.29 is 22.7 Å². The SMILES string of the molecule is CCOC(=O)Cn1c(=NC(=O)c2ccccc2NS(=O)(=O)c2ccc(C)cc2)sc2cccc(Cl)c21. The van der Waals surface area contributed by atoms with Crippen LogP contribution >= 0.6 is 22.9 Å². The Morgan fingerprint density at radius 3 is 2.50 bits per heavy atom. The molecule has 0 atom stereocenters. The van der Waals surface area contributed by atoms with Crippen LogP contribution in [-0.4, -0.2) is 31.5 Å². The number of esters is 1. The molecule has 0 radical (unpaired) electrons. The molecule has 0 saturated heterocycles. The van der Waals surface area contributed by atoms with Crippen LogP contribution in [0, 0.1) is 6.92 Å². The van der Waals surface area contributed by atoms with E-state index in [2.05, 4.69) is 9.71 Å². The zero-order valence-corrected chi connectivity index (χ0v) is 21.8. The van der Waals surface area contributed by atoms with Gasteiger partial charge < -0.3 is 9.30 Å². The number of amides is 1. The quantitative estimate of drug-likeness (QED) is 0.338. The molecule has 0 aliphatic rings. The highest BCUT2D eigenvalue weighted by Crippen LogP contribution is 2.26. The fourth-order valence-electron chi connectivity index (χ4n) is 3.48. The van der Waals surface area contributed by atoms with Gasteiger partial charge >= 0.3 is 5.97 Å². The van der Waals surface area contributed by atoms with Crippen LogP contribution < -0.4 is 9.52 Å². The number of hydrogen-bond donors (Lipinski definition) is 1. The Kier molecular flexibility index (Phi) is 7.58. The number of anilines is 1. The maximum atomic E-state index is 13.3. The molecule has 0 fully saturated rings. The Hall–Kier alpha value is -3.47. The molecule has 186 valence electrons. The number of rotatable bonds is 7. The third-order valence-corrected chi connectivity index (χ3v) is 7.90. The van der Waals surface area contributed by atoms with Crippen LogP contribution in [0.15, 0.2) is 76.6 Å². The van der Waals surface area contributed by atoms with Gasteiger partial charge in [0.25, 0.3) is 15.9 Å². The van der Waals surface area contributed by atoms with Gasteiger partial charge in [0.2, 0.25) is 0 Å². The first-order valence-corrected chi connectivity index (χ1v) is 13.6. The summed E-state index contributed by atoms with van der Waals surface area (Å²) >= 11 is 7.57. The van der Waals surface area contributed by atoms with Gasteiger partial charge in [-0.1, -0.05) is 58.8 Å². The first-order chi connectivity index (χ1) is 17.2.